The average Bonchev–Trinajstić information content (AvgIpc) is 2.61. The van der Waals surface area contributed by atoms with E-state index in [0.717, 1.165) is 18.6 Å². The van der Waals surface area contributed by atoms with Crippen LogP contribution in [-0.4, -0.2) is 26.2 Å². The Morgan fingerprint density at radius 3 is 2.54 bits per heavy atom. The molecular formula is C19H23NO4. The predicted octanol–water partition coefficient (Wildman–Crippen LogP) is 3.89. The molecule has 0 aromatic heterocycles. The molecule has 0 fully saturated rings. The number of methoxy groups -OCH3 is 1. The molecule has 5 heteroatoms. The van der Waals surface area contributed by atoms with Crippen LogP contribution in [0, 0.1) is 0 Å². The lowest BCUT2D eigenvalue weighted by molar-refractivity contribution is -0.118. The number of carbonyl (C=O) groups is 1. The van der Waals surface area contributed by atoms with Gasteiger partial charge in [0.15, 0.2) is 6.61 Å². The van der Waals surface area contributed by atoms with Gasteiger partial charge in [-0.25, -0.2) is 0 Å². The number of rotatable bonds is 9. The Balaban J connectivity index is 1.86. The Labute approximate surface area is 142 Å². The molecule has 0 aliphatic rings. The van der Waals surface area contributed by atoms with Crippen LogP contribution < -0.4 is 19.5 Å². The zero-order chi connectivity index (χ0) is 17.2. The van der Waals surface area contributed by atoms with Crippen LogP contribution >= 0.6 is 0 Å². The summed E-state index contributed by atoms with van der Waals surface area (Å²) < 4.78 is 16.3. The summed E-state index contributed by atoms with van der Waals surface area (Å²) in [4.78, 5) is 12.0. The van der Waals surface area contributed by atoms with E-state index >= 15 is 0 Å². The topological polar surface area (TPSA) is 56.8 Å². The first-order valence-corrected chi connectivity index (χ1v) is 8.01. The summed E-state index contributed by atoms with van der Waals surface area (Å²) in [5, 5.41) is 2.77. The molecular weight excluding hydrogens is 306 g/mol. The number of carbonyl (C=O) groups excluding carboxylic acids is 1. The summed E-state index contributed by atoms with van der Waals surface area (Å²) in [6, 6.07) is 14.5. The lowest BCUT2D eigenvalue weighted by Crippen LogP contribution is -2.20. The molecule has 1 N–H and O–H groups in total. The highest BCUT2D eigenvalue weighted by atomic mass is 16.5. The molecule has 0 bridgehead atoms. The van der Waals surface area contributed by atoms with Gasteiger partial charge in [0.25, 0.3) is 5.91 Å². The summed E-state index contributed by atoms with van der Waals surface area (Å²) in [7, 11) is 1.56. The minimum atomic E-state index is -0.253. The molecule has 2 aromatic rings. The molecule has 2 rings (SSSR count). The number of ether oxygens (including phenoxy) is 3. The van der Waals surface area contributed by atoms with Crippen molar-refractivity contribution in [2.24, 2.45) is 0 Å². The third kappa shape index (κ3) is 5.50. The number of hydrogen-bond acceptors (Lipinski definition) is 4. The molecule has 0 saturated carbocycles. The molecule has 0 saturated heterocycles. The van der Waals surface area contributed by atoms with Gasteiger partial charge in [0, 0.05) is 6.07 Å². The van der Waals surface area contributed by atoms with Crippen molar-refractivity contribution in [2.75, 3.05) is 25.6 Å². The Hall–Kier alpha value is -2.69. The lowest BCUT2D eigenvalue weighted by atomic mass is 10.3. The minimum Gasteiger partial charge on any atom is -0.495 e. The van der Waals surface area contributed by atoms with Gasteiger partial charge < -0.3 is 19.5 Å². The van der Waals surface area contributed by atoms with Crippen LogP contribution in [0.3, 0.4) is 0 Å². The van der Waals surface area contributed by atoms with Gasteiger partial charge in [-0.1, -0.05) is 31.5 Å². The van der Waals surface area contributed by atoms with E-state index in [1.807, 2.05) is 24.3 Å². The summed E-state index contributed by atoms with van der Waals surface area (Å²) in [6.07, 6.45) is 2.09. The Morgan fingerprint density at radius 2 is 1.79 bits per heavy atom. The number of nitrogens with one attached hydrogen (secondary N) is 1. The summed E-state index contributed by atoms with van der Waals surface area (Å²) >= 11 is 0. The zero-order valence-electron chi connectivity index (χ0n) is 14.1. The van der Waals surface area contributed by atoms with Gasteiger partial charge in [0.1, 0.15) is 17.2 Å². The fraction of sp³-hybridized carbons (Fsp3) is 0.316. The lowest BCUT2D eigenvalue weighted by Gasteiger charge is -2.11. The first-order chi connectivity index (χ1) is 11.7. The molecule has 0 unspecified atom stereocenters. The van der Waals surface area contributed by atoms with E-state index in [1.165, 1.54) is 0 Å². The Morgan fingerprint density at radius 1 is 1.04 bits per heavy atom. The van der Waals surface area contributed by atoms with Crippen molar-refractivity contribution in [3.8, 4) is 17.2 Å². The maximum absolute atomic E-state index is 12.0. The second kappa shape index (κ2) is 9.45. The molecule has 2 aromatic carbocycles. The van der Waals surface area contributed by atoms with E-state index in [1.54, 1.807) is 31.4 Å². The minimum absolute atomic E-state index is 0.0868. The smallest absolute Gasteiger partial charge is 0.262 e. The van der Waals surface area contributed by atoms with Crippen LogP contribution in [0.5, 0.6) is 17.2 Å². The van der Waals surface area contributed by atoms with Crippen LogP contribution in [0.1, 0.15) is 19.8 Å². The van der Waals surface area contributed by atoms with Crippen molar-refractivity contribution in [3.05, 3.63) is 48.5 Å². The van der Waals surface area contributed by atoms with Crippen molar-refractivity contribution in [1.82, 2.24) is 0 Å². The van der Waals surface area contributed by atoms with Crippen LogP contribution in [0.15, 0.2) is 48.5 Å². The van der Waals surface area contributed by atoms with E-state index in [4.69, 9.17) is 14.2 Å². The van der Waals surface area contributed by atoms with Crippen molar-refractivity contribution < 1.29 is 19.0 Å². The zero-order valence-corrected chi connectivity index (χ0v) is 14.1. The van der Waals surface area contributed by atoms with Gasteiger partial charge in [0.05, 0.1) is 19.4 Å². The molecule has 0 radical (unpaired) electrons. The molecule has 0 aliphatic carbocycles. The average molecular weight is 329 g/mol. The van der Waals surface area contributed by atoms with Crippen molar-refractivity contribution in [2.45, 2.75) is 19.8 Å². The third-order valence-electron chi connectivity index (χ3n) is 3.32. The predicted molar refractivity (Wildman–Crippen MR) is 94.0 cm³/mol. The molecule has 0 spiro atoms. The first-order valence-electron chi connectivity index (χ1n) is 8.01. The van der Waals surface area contributed by atoms with Crippen molar-refractivity contribution >= 4 is 11.6 Å². The molecule has 128 valence electrons. The van der Waals surface area contributed by atoms with Crippen molar-refractivity contribution in [3.63, 3.8) is 0 Å². The van der Waals surface area contributed by atoms with Gasteiger partial charge in [-0.05, 0) is 30.7 Å². The standard InChI is InChI=1S/C19H23NO4/c1-3-4-12-23-15-8-7-9-16(13-15)24-14-19(21)20-17-10-5-6-11-18(17)22-2/h5-11,13H,3-4,12,14H2,1-2H3,(H,20,21). The fourth-order valence-corrected chi connectivity index (χ4v) is 2.07. The highest BCUT2D eigenvalue weighted by Crippen LogP contribution is 2.23. The highest BCUT2D eigenvalue weighted by molar-refractivity contribution is 5.93. The highest BCUT2D eigenvalue weighted by Gasteiger charge is 2.08. The van der Waals surface area contributed by atoms with Crippen LogP contribution in [0.25, 0.3) is 0 Å². The van der Waals surface area contributed by atoms with Crippen molar-refractivity contribution in [1.29, 1.82) is 0 Å². The fourth-order valence-electron chi connectivity index (χ4n) is 2.07. The van der Waals surface area contributed by atoms with E-state index in [9.17, 15) is 4.79 Å². The Bertz CT molecular complexity index is 657. The number of para-hydroxylation sites is 2. The molecule has 0 heterocycles. The number of hydrogen-bond donors (Lipinski definition) is 1. The van der Waals surface area contributed by atoms with Crippen LogP contribution in [-0.2, 0) is 4.79 Å². The van der Waals surface area contributed by atoms with Crippen LogP contribution in [0.4, 0.5) is 5.69 Å². The molecule has 24 heavy (non-hydrogen) atoms. The number of unbranched alkanes of at least 4 members (excludes halogenated alkanes) is 1. The van der Waals surface area contributed by atoms with E-state index in [0.29, 0.717) is 23.8 Å². The molecule has 1 amide bonds. The second-order valence-corrected chi connectivity index (χ2v) is 5.21. The molecule has 5 nitrogen and oxygen atoms in total. The maximum Gasteiger partial charge on any atom is 0.262 e. The number of benzene rings is 2. The van der Waals surface area contributed by atoms with E-state index in [-0.39, 0.29) is 12.5 Å². The number of amides is 1. The summed E-state index contributed by atoms with van der Waals surface area (Å²) in [6.45, 7) is 2.70. The van der Waals surface area contributed by atoms with Gasteiger partial charge in [-0.15, -0.1) is 0 Å². The SMILES string of the molecule is CCCCOc1cccc(OCC(=O)Nc2ccccc2OC)c1. The molecule has 0 aliphatic heterocycles. The quantitative estimate of drug-likeness (QED) is 0.709. The van der Waals surface area contributed by atoms with Crippen LogP contribution in [0.2, 0.25) is 0 Å². The summed E-state index contributed by atoms with van der Waals surface area (Å²) in [5.74, 6) is 1.69. The summed E-state index contributed by atoms with van der Waals surface area (Å²) in [5.41, 5.74) is 0.616. The van der Waals surface area contributed by atoms with Gasteiger partial charge >= 0.3 is 0 Å². The molecule has 0 atom stereocenters. The monoisotopic (exact) mass is 329 g/mol. The largest absolute Gasteiger partial charge is 0.495 e. The van der Waals surface area contributed by atoms with E-state index in [2.05, 4.69) is 12.2 Å². The van der Waals surface area contributed by atoms with Gasteiger partial charge in [-0.2, -0.15) is 0 Å². The normalized spacial score (nSPS) is 10.1. The van der Waals surface area contributed by atoms with Gasteiger partial charge in [-0.3, -0.25) is 4.79 Å². The van der Waals surface area contributed by atoms with E-state index < -0.39 is 0 Å². The number of anilines is 1. The first kappa shape index (κ1) is 17.7. The second-order valence-electron chi connectivity index (χ2n) is 5.21. The van der Waals surface area contributed by atoms with Gasteiger partial charge in [0.2, 0.25) is 0 Å². The Kier molecular flexibility index (Phi) is 6.95. The third-order valence-corrected chi connectivity index (χ3v) is 3.32. The maximum atomic E-state index is 12.0.